The van der Waals surface area contributed by atoms with Gasteiger partial charge in [0, 0.05) is 0 Å². The first-order valence-electron chi connectivity index (χ1n) is 1.07. The fourth-order valence-corrected chi connectivity index (χ4v) is 0. The van der Waals surface area contributed by atoms with E-state index in [4.69, 9.17) is 26.6 Å². The number of rotatable bonds is 0. The topological polar surface area (TPSA) is 109 Å². The maximum atomic E-state index is 8.56. The van der Waals surface area contributed by atoms with Crippen molar-refractivity contribution in [3.63, 3.8) is 0 Å². The minimum absolute atomic E-state index is 0. The molecule has 0 aromatic heterocycles. The Labute approximate surface area is 99.5 Å². The Kier molecular flexibility index (Phi) is 195. The minimum atomic E-state index is -1.83. The van der Waals surface area contributed by atoms with Gasteiger partial charge >= 0.3 is 83.6 Å². The molecule has 70 valence electrons. The van der Waals surface area contributed by atoms with Gasteiger partial charge in [-0.3, -0.25) is 0 Å². The van der Waals surface area contributed by atoms with E-state index in [1.807, 2.05) is 0 Å². The van der Waals surface area contributed by atoms with Crippen molar-refractivity contribution in [1.29, 1.82) is 0 Å². The van der Waals surface area contributed by atoms with Crippen molar-refractivity contribution < 1.29 is 93.9 Å². The third kappa shape index (κ3) is 1350. The van der Waals surface area contributed by atoms with Crippen LogP contribution >= 0.6 is 0 Å². The molecular formula is CH3CoLiMnNiO6. The van der Waals surface area contributed by atoms with Gasteiger partial charge in [-0.2, -0.15) is 0 Å². The quantitative estimate of drug-likeness (QED) is 0.460. The Morgan fingerprint density at radius 3 is 1.27 bits per heavy atom. The van der Waals surface area contributed by atoms with Crippen LogP contribution in [-0.4, -0.2) is 16.4 Å². The molecule has 0 fully saturated rings. The van der Waals surface area contributed by atoms with E-state index in [2.05, 4.69) is 31.1 Å². The van der Waals surface area contributed by atoms with Crippen LogP contribution in [0.1, 0.15) is 1.43 Å². The van der Waals surface area contributed by atoms with E-state index in [0.29, 0.717) is 0 Å². The van der Waals surface area contributed by atoms with Crippen LogP contribution in [0.15, 0.2) is 0 Å². The fraction of sp³-hybridized carbons (Fsp3) is 0. The molecule has 0 aliphatic carbocycles. The molecule has 10 heteroatoms. The first-order chi connectivity index (χ1) is 4.73. The molecule has 11 heavy (non-hydrogen) atoms. The first kappa shape index (κ1) is 29.8. The Morgan fingerprint density at radius 2 is 1.27 bits per heavy atom. The predicted octanol–water partition coefficient (Wildman–Crippen LogP) is -3.02. The van der Waals surface area contributed by atoms with Crippen LogP contribution in [0.3, 0.4) is 0 Å². The summed E-state index contributed by atoms with van der Waals surface area (Å²) in [7, 11) is 0. The van der Waals surface area contributed by atoms with Crippen molar-refractivity contribution in [2.24, 2.45) is 0 Å². The maximum absolute atomic E-state index is 8.56. The van der Waals surface area contributed by atoms with E-state index >= 15 is 0 Å². The van der Waals surface area contributed by atoms with Crippen LogP contribution < -0.4 is 18.9 Å². The van der Waals surface area contributed by atoms with Crippen LogP contribution in [-0.2, 0) is 58.6 Å². The molecule has 0 saturated carbocycles. The molecule has 0 aromatic carbocycles. The van der Waals surface area contributed by atoms with E-state index in [9.17, 15) is 0 Å². The van der Waals surface area contributed by atoms with Crippen LogP contribution in [0.4, 0.5) is 4.79 Å². The summed E-state index contributed by atoms with van der Waals surface area (Å²) < 4.78 is 23.9. The van der Waals surface area contributed by atoms with Gasteiger partial charge in [0.05, 0.1) is 0 Å². The molecule has 0 aliphatic rings. The summed E-state index contributed by atoms with van der Waals surface area (Å²) in [5.41, 5.74) is 0. The molecule has 0 saturated heterocycles. The van der Waals surface area contributed by atoms with Crippen molar-refractivity contribution >= 4 is 6.16 Å². The molecular weight excluding hydrogens is 288 g/mol. The zero-order chi connectivity index (χ0) is 9.58. The van der Waals surface area contributed by atoms with E-state index < -0.39 is 6.16 Å². The van der Waals surface area contributed by atoms with Crippen LogP contribution in [0, 0.1) is 0 Å². The second-order valence-corrected chi connectivity index (χ2v) is 0.283. The molecule has 2 N–H and O–H groups in total. The van der Waals surface area contributed by atoms with Gasteiger partial charge in [0.25, 0.3) is 0 Å². The average Bonchev–Trinajstić information content (AvgIpc) is 1.98. The van der Waals surface area contributed by atoms with Gasteiger partial charge in [0.2, 0.25) is 0 Å². The van der Waals surface area contributed by atoms with Gasteiger partial charge in [-0.25, -0.2) is 4.79 Å². The average molecular weight is 291 g/mol. The molecule has 0 radical (unpaired) electrons. The van der Waals surface area contributed by atoms with Gasteiger partial charge in [-0.1, -0.05) is 0 Å². The van der Waals surface area contributed by atoms with Crippen molar-refractivity contribution in [1.82, 2.24) is 0 Å². The zero-order valence-electron chi connectivity index (χ0n) is 6.05. The summed E-state index contributed by atoms with van der Waals surface area (Å²) in [4.78, 5) is 8.56. The SMILES string of the molecule is O=C(O)O.[H-].[Li+].[O]=[Co].[O]=[Mn].[O]=[Ni]. The van der Waals surface area contributed by atoms with E-state index in [0.717, 1.165) is 0 Å². The molecule has 6 nitrogen and oxygen atoms in total. The molecule has 0 bridgehead atoms. The second kappa shape index (κ2) is 72.0. The standard InChI is InChI=1S/CH2O3.Co.Li.Mn.Ni.3O.H/c2-1(3)4;;;;;;;;/h(H2,2,3,4);;;;;;;;/q;;+1;;;;;;-1. The van der Waals surface area contributed by atoms with E-state index in [-0.39, 0.29) is 20.3 Å². The summed E-state index contributed by atoms with van der Waals surface area (Å²) in [5, 5.41) is 13.9. The molecule has 0 aliphatic heterocycles. The van der Waals surface area contributed by atoms with Crippen LogP contribution in [0.5, 0.6) is 0 Å². The molecule has 0 heterocycles. The fourth-order valence-electron chi connectivity index (χ4n) is 0. The number of hydrogen-bond donors (Lipinski definition) is 2. The van der Waals surface area contributed by atoms with Crippen molar-refractivity contribution in [2.75, 3.05) is 0 Å². The van der Waals surface area contributed by atoms with E-state index in [1.54, 1.807) is 15.9 Å². The van der Waals surface area contributed by atoms with Crippen LogP contribution in [0.25, 0.3) is 0 Å². The Balaban J connectivity index is -0.0000000101. The second-order valence-electron chi connectivity index (χ2n) is 0.283. The van der Waals surface area contributed by atoms with Gasteiger partial charge in [0.15, 0.2) is 0 Å². The monoisotopic (exact) mass is 290 g/mol. The normalized spacial score (nSPS) is 3.55. The molecule has 0 aromatic rings. The Bertz CT molecular complexity index is 71.8. The predicted molar refractivity (Wildman–Crippen MR) is 13.8 cm³/mol. The summed E-state index contributed by atoms with van der Waals surface area (Å²) in [5.74, 6) is 0. The summed E-state index contributed by atoms with van der Waals surface area (Å²) in [6.45, 7) is 0. The summed E-state index contributed by atoms with van der Waals surface area (Å²) in [6, 6.07) is 0. The third-order valence-corrected chi connectivity index (χ3v) is 0. The van der Waals surface area contributed by atoms with Gasteiger partial charge < -0.3 is 11.6 Å². The molecule has 0 rings (SSSR count). The van der Waals surface area contributed by atoms with E-state index in [1.165, 1.54) is 0 Å². The van der Waals surface area contributed by atoms with Gasteiger partial charge in [-0.05, 0) is 0 Å². The number of carbonyl (C=O) groups is 1. The summed E-state index contributed by atoms with van der Waals surface area (Å²) >= 11 is 6.62. The first-order valence-corrected chi connectivity index (χ1v) is 2.38. The van der Waals surface area contributed by atoms with Gasteiger partial charge in [-0.15, -0.1) is 0 Å². The molecule has 0 amide bonds. The van der Waals surface area contributed by atoms with Crippen molar-refractivity contribution in [3.05, 3.63) is 0 Å². The Morgan fingerprint density at radius 1 is 1.27 bits per heavy atom. The van der Waals surface area contributed by atoms with Crippen LogP contribution in [0.2, 0.25) is 0 Å². The zero-order valence-corrected chi connectivity index (χ0v) is 8.26. The van der Waals surface area contributed by atoms with Gasteiger partial charge in [0.1, 0.15) is 0 Å². The van der Waals surface area contributed by atoms with Crippen molar-refractivity contribution in [3.8, 4) is 0 Å². The summed E-state index contributed by atoms with van der Waals surface area (Å²) in [6.07, 6.45) is -1.83. The number of carboxylic acid groups (broad SMARTS) is 2. The number of hydrogen-bond acceptors (Lipinski definition) is 4. The molecule has 0 unspecified atom stereocenters. The molecule has 0 atom stereocenters. The van der Waals surface area contributed by atoms with Crippen molar-refractivity contribution in [2.45, 2.75) is 0 Å². The molecule has 0 spiro atoms. The Hall–Kier alpha value is 0.787. The third-order valence-electron chi connectivity index (χ3n) is 0.